The maximum absolute atomic E-state index is 4.47. The normalized spacial score (nSPS) is 17.2. The van der Waals surface area contributed by atoms with E-state index in [1.54, 1.807) is 0 Å². The molecule has 1 unspecified atom stereocenters. The molecule has 2 aromatic carbocycles. The predicted octanol–water partition coefficient (Wildman–Crippen LogP) is 3.43. The van der Waals surface area contributed by atoms with Crippen molar-refractivity contribution in [3.05, 3.63) is 71.3 Å². The Bertz CT molecular complexity index is 777. The number of likely N-dealkylation sites (tertiary alicyclic amines) is 1. The van der Waals surface area contributed by atoms with Crippen LogP contribution in [0.4, 0.5) is 0 Å². The van der Waals surface area contributed by atoms with Crippen LogP contribution in [0.3, 0.4) is 0 Å². The third-order valence-electron chi connectivity index (χ3n) is 5.95. The highest BCUT2D eigenvalue weighted by Crippen LogP contribution is 2.18. The van der Waals surface area contributed by atoms with Gasteiger partial charge in [0.1, 0.15) is 0 Å². The lowest BCUT2D eigenvalue weighted by Crippen LogP contribution is -2.49. The van der Waals surface area contributed by atoms with E-state index in [0.29, 0.717) is 12.1 Å². The second-order valence-electron chi connectivity index (χ2n) is 8.52. The van der Waals surface area contributed by atoms with Crippen molar-refractivity contribution in [2.45, 2.75) is 38.4 Å². The van der Waals surface area contributed by atoms with Gasteiger partial charge >= 0.3 is 0 Å². The van der Waals surface area contributed by atoms with Crippen molar-refractivity contribution in [2.75, 3.05) is 40.8 Å². The number of aryl methyl sites for hydroxylation is 1. The summed E-state index contributed by atoms with van der Waals surface area (Å²) in [6.07, 6.45) is 2.28. The van der Waals surface area contributed by atoms with Crippen LogP contribution in [0.5, 0.6) is 0 Å². The van der Waals surface area contributed by atoms with E-state index in [9.17, 15) is 0 Å². The molecule has 0 amide bonds. The molecule has 0 spiro atoms. The quantitative estimate of drug-likeness (QED) is 0.545. The van der Waals surface area contributed by atoms with E-state index < -0.39 is 0 Å². The zero-order valence-corrected chi connectivity index (χ0v) is 18.9. The van der Waals surface area contributed by atoms with E-state index in [0.717, 1.165) is 45.0 Å². The number of aliphatic imine (C=N–C) groups is 1. The summed E-state index contributed by atoms with van der Waals surface area (Å²) >= 11 is 0. The molecular weight excluding hydrogens is 370 g/mol. The van der Waals surface area contributed by atoms with Crippen LogP contribution >= 0.6 is 0 Å². The first-order chi connectivity index (χ1) is 14.5. The van der Waals surface area contributed by atoms with Gasteiger partial charge < -0.3 is 15.5 Å². The maximum atomic E-state index is 4.47. The second kappa shape index (κ2) is 11.1. The third kappa shape index (κ3) is 6.57. The van der Waals surface area contributed by atoms with E-state index in [1.165, 1.54) is 16.7 Å². The Morgan fingerprint density at radius 1 is 1.07 bits per heavy atom. The fraction of sp³-hybridized carbons (Fsp3) is 0.480. The summed E-state index contributed by atoms with van der Waals surface area (Å²) in [5, 5.41) is 7.18. The molecule has 0 saturated carbocycles. The number of rotatable bonds is 7. The fourth-order valence-corrected chi connectivity index (χ4v) is 4.05. The largest absolute Gasteiger partial charge is 0.354 e. The number of guanidine groups is 1. The van der Waals surface area contributed by atoms with E-state index >= 15 is 0 Å². The molecule has 1 aliphatic rings. The average molecular weight is 408 g/mol. The molecule has 2 N–H and O–H groups in total. The van der Waals surface area contributed by atoms with Crippen molar-refractivity contribution in [1.82, 2.24) is 20.4 Å². The molecule has 0 radical (unpaired) electrons. The molecule has 5 nitrogen and oxygen atoms in total. The molecule has 3 rings (SSSR count). The van der Waals surface area contributed by atoms with Crippen LogP contribution in [0.25, 0.3) is 0 Å². The van der Waals surface area contributed by atoms with Gasteiger partial charge in [-0.25, -0.2) is 0 Å². The topological polar surface area (TPSA) is 42.9 Å². The van der Waals surface area contributed by atoms with Crippen molar-refractivity contribution < 1.29 is 0 Å². The molecule has 1 fully saturated rings. The minimum absolute atomic E-state index is 0.303. The van der Waals surface area contributed by atoms with Crippen LogP contribution < -0.4 is 10.6 Å². The van der Waals surface area contributed by atoms with Gasteiger partial charge in [-0.15, -0.1) is 0 Å². The Morgan fingerprint density at radius 2 is 1.73 bits per heavy atom. The Hall–Kier alpha value is -2.37. The number of nitrogens with one attached hydrogen (secondary N) is 2. The Balaban J connectivity index is 1.47. The number of nitrogens with zero attached hydrogens (tertiary/aromatic N) is 3. The number of likely N-dealkylation sites (N-methyl/N-ethyl adjacent to an activating group) is 1. The lowest BCUT2D eigenvalue weighted by atomic mass is 10.0. The molecule has 30 heavy (non-hydrogen) atoms. The minimum Gasteiger partial charge on any atom is -0.354 e. The zero-order valence-electron chi connectivity index (χ0n) is 18.9. The van der Waals surface area contributed by atoms with E-state index in [4.69, 9.17) is 0 Å². The van der Waals surface area contributed by atoms with Crippen LogP contribution in [-0.4, -0.2) is 62.6 Å². The first-order valence-electron chi connectivity index (χ1n) is 11.0. The van der Waals surface area contributed by atoms with Gasteiger partial charge in [0.05, 0.1) is 6.04 Å². The van der Waals surface area contributed by atoms with Gasteiger partial charge in [-0.1, -0.05) is 60.2 Å². The summed E-state index contributed by atoms with van der Waals surface area (Å²) in [5.41, 5.74) is 4.01. The number of hydrogen-bond acceptors (Lipinski definition) is 3. The molecule has 2 aromatic rings. The SMILES string of the molecule is CN=C(NCC(c1ccc(C)cc1)N(C)C)NC1CCN(Cc2ccccc2)CC1. The number of benzene rings is 2. The number of piperidine rings is 1. The van der Waals surface area contributed by atoms with Crippen molar-refractivity contribution in [3.63, 3.8) is 0 Å². The fourth-order valence-electron chi connectivity index (χ4n) is 4.05. The van der Waals surface area contributed by atoms with Crippen LogP contribution in [0.2, 0.25) is 0 Å². The van der Waals surface area contributed by atoms with Crippen molar-refractivity contribution in [2.24, 2.45) is 4.99 Å². The standard InChI is InChI=1S/C25H37N5/c1-20-10-12-22(13-11-20)24(29(3)4)18-27-25(26-2)28-23-14-16-30(17-15-23)19-21-8-6-5-7-9-21/h5-13,23-24H,14-19H2,1-4H3,(H2,26,27,28). The smallest absolute Gasteiger partial charge is 0.191 e. The molecule has 1 saturated heterocycles. The van der Waals surface area contributed by atoms with Gasteiger partial charge in [-0.2, -0.15) is 0 Å². The lowest BCUT2D eigenvalue weighted by Gasteiger charge is -2.33. The lowest BCUT2D eigenvalue weighted by molar-refractivity contribution is 0.198. The molecule has 162 valence electrons. The predicted molar refractivity (Wildman–Crippen MR) is 127 cm³/mol. The molecule has 5 heteroatoms. The zero-order chi connectivity index (χ0) is 21.3. The summed E-state index contributed by atoms with van der Waals surface area (Å²) in [6, 6.07) is 20.3. The molecular formula is C25H37N5. The summed E-state index contributed by atoms with van der Waals surface area (Å²) in [4.78, 5) is 9.27. The highest BCUT2D eigenvalue weighted by Gasteiger charge is 2.21. The first kappa shape index (κ1) is 22.3. The van der Waals surface area contributed by atoms with Crippen molar-refractivity contribution in [1.29, 1.82) is 0 Å². The van der Waals surface area contributed by atoms with Crippen LogP contribution in [0.15, 0.2) is 59.6 Å². The van der Waals surface area contributed by atoms with Gasteiger partial charge in [0.15, 0.2) is 5.96 Å². The van der Waals surface area contributed by atoms with Gasteiger partial charge in [0.25, 0.3) is 0 Å². The number of hydrogen-bond donors (Lipinski definition) is 2. The third-order valence-corrected chi connectivity index (χ3v) is 5.95. The van der Waals surface area contributed by atoms with Crippen molar-refractivity contribution >= 4 is 5.96 Å². The minimum atomic E-state index is 0.303. The van der Waals surface area contributed by atoms with Crippen LogP contribution in [-0.2, 0) is 6.54 Å². The van der Waals surface area contributed by atoms with E-state index in [1.807, 2.05) is 7.05 Å². The van der Waals surface area contributed by atoms with Crippen molar-refractivity contribution in [3.8, 4) is 0 Å². The van der Waals surface area contributed by atoms with Crippen LogP contribution in [0, 0.1) is 6.92 Å². The molecule has 0 bridgehead atoms. The maximum Gasteiger partial charge on any atom is 0.191 e. The van der Waals surface area contributed by atoms with Gasteiger partial charge in [-0.3, -0.25) is 9.89 Å². The van der Waals surface area contributed by atoms with Gasteiger partial charge in [-0.05, 0) is 45.0 Å². The first-order valence-corrected chi connectivity index (χ1v) is 11.0. The Labute approximate surface area is 182 Å². The summed E-state index contributed by atoms with van der Waals surface area (Å²) in [6.45, 7) is 6.23. The highest BCUT2D eigenvalue weighted by molar-refractivity contribution is 5.80. The molecule has 0 aromatic heterocycles. The molecule has 1 heterocycles. The Morgan fingerprint density at radius 3 is 2.33 bits per heavy atom. The van der Waals surface area contributed by atoms with Gasteiger partial charge in [0, 0.05) is 39.3 Å². The Kier molecular flexibility index (Phi) is 8.29. The van der Waals surface area contributed by atoms with Gasteiger partial charge in [0.2, 0.25) is 0 Å². The second-order valence-corrected chi connectivity index (χ2v) is 8.52. The monoisotopic (exact) mass is 407 g/mol. The average Bonchev–Trinajstić information content (AvgIpc) is 2.76. The molecule has 1 aliphatic heterocycles. The van der Waals surface area contributed by atoms with E-state index in [2.05, 4.69) is 101 Å². The summed E-state index contributed by atoms with van der Waals surface area (Å²) < 4.78 is 0. The highest BCUT2D eigenvalue weighted by atomic mass is 15.2. The van der Waals surface area contributed by atoms with Crippen LogP contribution in [0.1, 0.15) is 35.6 Å². The summed E-state index contributed by atoms with van der Waals surface area (Å²) in [5.74, 6) is 0.899. The van der Waals surface area contributed by atoms with E-state index in [-0.39, 0.29) is 0 Å². The molecule has 1 atom stereocenters. The molecule has 0 aliphatic carbocycles. The summed E-state index contributed by atoms with van der Waals surface area (Å²) in [7, 11) is 6.12.